The molecule has 2 rings (SSSR count). The molecule has 0 aliphatic heterocycles. The van der Waals surface area contributed by atoms with Gasteiger partial charge >= 0.3 is 0 Å². The summed E-state index contributed by atoms with van der Waals surface area (Å²) < 4.78 is 0. The monoisotopic (exact) mass is 220 g/mol. The van der Waals surface area contributed by atoms with Gasteiger partial charge in [0.2, 0.25) is 0 Å². The summed E-state index contributed by atoms with van der Waals surface area (Å²) >= 11 is 0. The van der Waals surface area contributed by atoms with Crippen LogP contribution in [0.2, 0.25) is 0 Å². The van der Waals surface area contributed by atoms with Crippen LogP contribution < -0.4 is 5.32 Å². The molecule has 0 radical (unpaired) electrons. The summed E-state index contributed by atoms with van der Waals surface area (Å²) in [7, 11) is 0. The Bertz CT molecular complexity index is 315. The lowest BCUT2D eigenvalue weighted by atomic mass is 9.91. The van der Waals surface area contributed by atoms with E-state index in [1.807, 2.05) is 24.5 Å². The Hall–Kier alpha value is -0.930. The summed E-state index contributed by atoms with van der Waals surface area (Å²) in [4.78, 5) is 4.01. The van der Waals surface area contributed by atoms with E-state index >= 15 is 0 Å². The maximum Gasteiger partial charge on any atom is 0.0693 e. The van der Waals surface area contributed by atoms with Crippen molar-refractivity contribution in [3.8, 4) is 0 Å². The molecule has 0 unspecified atom stereocenters. The second kappa shape index (κ2) is 5.41. The number of aromatic nitrogens is 1. The van der Waals surface area contributed by atoms with Crippen molar-refractivity contribution in [3.63, 3.8) is 0 Å². The topological polar surface area (TPSA) is 45.1 Å². The van der Waals surface area contributed by atoms with Crippen molar-refractivity contribution in [1.82, 2.24) is 10.3 Å². The summed E-state index contributed by atoms with van der Waals surface area (Å²) in [6.45, 7) is 2.14. The summed E-state index contributed by atoms with van der Waals surface area (Å²) in [6.07, 6.45) is 7.83. The lowest BCUT2D eigenvalue weighted by Gasteiger charge is -2.31. The third kappa shape index (κ3) is 2.80. The van der Waals surface area contributed by atoms with Crippen LogP contribution in [0.25, 0.3) is 0 Å². The first-order valence-corrected chi connectivity index (χ1v) is 6.11. The van der Waals surface area contributed by atoms with E-state index in [1.54, 1.807) is 0 Å². The van der Waals surface area contributed by atoms with Gasteiger partial charge in [-0.15, -0.1) is 0 Å². The molecule has 1 aliphatic rings. The number of nitrogens with one attached hydrogen (secondary N) is 1. The zero-order valence-electron chi connectivity index (χ0n) is 9.76. The summed E-state index contributed by atoms with van der Waals surface area (Å²) in [5, 5.41) is 13.4. The lowest BCUT2D eigenvalue weighted by molar-refractivity contribution is 0.0860. The van der Waals surface area contributed by atoms with Gasteiger partial charge in [0, 0.05) is 24.5 Å². The van der Waals surface area contributed by atoms with Crippen LogP contribution >= 0.6 is 0 Å². The van der Waals surface area contributed by atoms with Gasteiger partial charge in [0.05, 0.1) is 6.10 Å². The lowest BCUT2D eigenvalue weighted by Crippen LogP contribution is -2.43. The zero-order valence-corrected chi connectivity index (χ0v) is 9.76. The molecule has 1 aliphatic carbocycles. The van der Waals surface area contributed by atoms with Crippen molar-refractivity contribution in [1.29, 1.82) is 0 Å². The molecule has 0 spiro atoms. The highest BCUT2D eigenvalue weighted by atomic mass is 16.3. The minimum absolute atomic E-state index is 0.182. The Morgan fingerprint density at radius 3 is 2.69 bits per heavy atom. The van der Waals surface area contributed by atoms with Crippen molar-refractivity contribution < 1.29 is 5.11 Å². The average Bonchev–Trinajstić information content (AvgIpc) is 2.33. The molecule has 1 saturated carbocycles. The normalized spacial score (nSPS) is 27.6. The highest BCUT2D eigenvalue weighted by Gasteiger charge is 2.24. The number of aliphatic hydroxyl groups is 1. The largest absolute Gasteiger partial charge is 0.392 e. The quantitative estimate of drug-likeness (QED) is 0.819. The molecule has 16 heavy (non-hydrogen) atoms. The molecular formula is C13H20N2O. The number of aliphatic hydroxyl groups excluding tert-OH is 1. The molecule has 1 aromatic rings. The van der Waals surface area contributed by atoms with Crippen LogP contribution in [0.4, 0.5) is 0 Å². The van der Waals surface area contributed by atoms with Gasteiger partial charge in [0.25, 0.3) is 0 Å². The molecule has 1 aromatic heterocycles. The van der Waals surface area contributed by atoms with Crippen molar-refractivity contribution in [2.24, 2.45) is 0 Å². The number of nitrogens with zero attached hydrogens (tertiary/aromatic N) is 1. The van der Waals surface area contributed by atoms with Gasteiger partial charge in [-0.25, -0.2) is 0 Å². The van der Waals surface area contributed by atoms with Crippen LogP contribution in [0.1, 0.15) is 44.2 Å². The van der Waals surface area contributed by atoms with Crippen LogP contribution in [0.15, 0.2) is 24.5 Å². The van der Waals surface area contributed by atoms with Gasteiger partial charge in [0.15, 0.2) is 0 Å². The standard InChI is InChI=1S/C13H20N2O/c1-10(11-6-8-14-9-7-11)15-12-4-2-3-5-13(12)16/h6-10,12-13,15-16H,2-5H2,1H3/t10-,12+,13+/m1/s1. The minimum Gasteiger partial charge on any atom is -0.392 e. The average molecular weight is 220 g/mol. The Labute approximate surface area is 96.9 Å². The van der Waals surface area contributed by atoms with Crippen LogP contribution in [-0.2, 0) is 0 Å². The third-order valence-electron chi connectivity index (χ3n) is 3.40. The molecule has 1 heterocycles. The van der Waals surface area contributed by atoms with E-state index in [9.17, 15) is 5.11 Å². The predicted octanol–water partition coefficient (Wildman–Crippen LogP) is 2.04. The predicted molar refractivity (Wildman–Crippen MR) is 64.1 cm³/mol. The van der Waals surface area contributed by atoms with E-state index in [1.165, 1.54) is 12.0 Å². The molecule has 0 amide bonds. The molecule has 2 N–H and O–H groups in total. The molecule has 3 nitrogen and oxygen atoms in total. The van der Waals surface area contributed by atoms with Gasteiger partial charge < -0.3 is 10.4 Å². The minimum atomic E-state index is -0.182. The Morgan fingerprint density at radius 1 is 1.31 bits per heavy atom. The van der Waals surface area contributed by atoms with Crippen molar-refractivity contribution in [2.75, 3.05) is 0 Å². The van der Waals surface area contributed by atoms with E-state index in [0.29, 0.717) is 0 Å². The zero-order chi connectivity index (χ0) is 11.4. The van der Waals surface area contributed by atoms with Gasteiger partial charge in [0.1, 0.15) is 0 Å². The maximum absolute atomic E-state index is 9.89. The SMILES string of the molecule is C[C@@H](N[C@H]1CCCC[C@@H]1O)c1ccncc1. The highest BCUT2D eigenvalue weighted by Crippen LogP contribution is 2.21. The summed E-state index contributed by atoms with van der Waals surface area (Å²) in [5.74, 6) is 0. The molecular weight excluding hydrogens is 200 g/mol. The van der Waals surface area contributed by atoms with Crippen LogP contribution in [0, 0.1) is 0 Å². The Balaban J connectivity index is 1.94. The molecule has 1 fully saturated rings. The van der Waals surface area contributed by atoms with Gasteiger partial charge in [-0.1, -0.05) is 12.8 Å². The van der Waals surface area contributed by atoms with E-state index in [0.717, 1.165) is 19.3 Å². The van der Waals surface area contributed by atoms with Crippen molar-refractivity contribution in [2.45, 2.75) is 50.8 Å². The van der Waals surface area contributed by atoms with Crippen molar-refractivity contribution in [3.05, 3.63) is 30.1 Å². The first kappa shape index (κ1) is 11.6. The second-order valence-electron chi connectivity index (χ2n) is 4.63. The van der Waals surface area contributed by atoms with Crippen LogP contribution in [-0.4, -0.2) is 22.2 Å². The third-order valence-corrected chi connectivity index (χ3v) is 3.40. The van der Waals surface area contributed by atoms with E-state index < -0.39 is 0 Å². The molecule has 3 atom stereocenters. The van der Waals surface area contributed by atoms with E-state index in [4.69, 9.17) is 0 Å². The van der Waals surface area contributed by atoms with Crippen LogP contribution in [0.5, 0.6) is 0 Å². The highest BCUT2D eigenvalue weighted by molar-refractivity contribution is 5.14. The fraction of sp³-hybridized carbons (Fsp3) is 0.615. The Kier molecular flexibility index (Phi) is 3.91. The number of hydrogen-bond acceptors (Lipinski definition) is 3. The first-order chi connectivity index (χ1) is 7.77. The molecule has 3 heteroatoms. The fourth-order valence-corrected chi connectivity index (χ4v) is 2.38. The van der Waals surface area contributed by atoms with Crippen LogP contribution in [0.3, 0.4) is 0 Å². The molecule has 0 bridgehead atoms. The molecule has 0 saturated heterocycles. The number of rotatable bonds is 3. The summed E-state index contributed by atoms with van der Waals surface area (Å²) in [6, 6.07) is 4.57. The first-order valence-electron chi connectivity index (χ1n) is 6.11. The van der Waals surface area contributed by atoms with Crippen molar-refractivity contribution >= 4 is 0 Å². The second-order valence-corrected chi connectivity index (χ2v) is 4.63. The maximum atomic E-state index is 9.89. The molecule has 0 aromatic carbocycles. The Morgan fingerprint density at radius 2 is 2.00 bits per heavy atom. The van der Waals surface area contributed by atoms with Gasteiger partial charge in [-0.3, -0.25) is 4.98 Å². The smallest absolute Gasteiger partial charge is 0.0693 e. The van der Waals surface area contributed by atoms with E-state index in [2.05, 4.69) is 17.2 Å². The number of hydrogen-bond donors (Lipinski definition) is 2. The van der Waals surface area contributed by atoms with E-state index in [-0.39, 0.29) is 18.2 Å². The molecule has 88 valence electrons. The summed E-state index contributed by atoms with van der Waals surface area (Å²) in [5.41, 5.74) is 1.23. The van der Waals surface area contributed by atoms with Gasteiger partial charge in [-0.05, 0) is 37.5 Å². The number of pyridine rings is 1. The fourth-order valence-electron chi connectivity index (χ4n) is 2.38. The van der Waals surface area contributed by atoms with Gasteiger partial charge in [-0.2, -0.15) is 0 Å².